The molecule has 1 aromatic carbocycles. The van der Waals surface area contributed by atoms with E-state index in [1.54, 1.807) is 12.1 Å². The molecule has 3 nitrogen and oxygen atoms in total. The molecule has 1 N–H and O–H groups in total. The van der Waals surface area contributed by atoms with Crippen LogP contribution in [-0.4, -0.2) is 36.1 Å². The van der Waals surface area contributed by atoms with Gasteiger partial charge in [0.2, 0.25) is 0 Å². The highest BCUT2D eigenvalue weighted by Crippen LogP contribution is 2.36. The van der Waals surface area contributed by atoms with Crippen LogP contribution < -0.4 is 4.90 Å². The first-order chi connectivity index (χ1) is 12.9. The van der Waals surface area contributed by atoms with Crippen LogP contribution in [0.25, 0.3) is 0 Å². The fourth-order valence-electron chi connectivity index (χ4n) is 4.26. The number of nitrogens with zero attached hydrogens (tertiary/aromatic N) is 2. The third kappa shape index (κ3) is 3.70. The van der Waals surface area contributed by atoms with Gasteiger partial charge in [0.1, 0.15) is 5.82 Å². The molecule has 2 aromatic rings. The molecule has 2 atom stereocenters. The van der Waals surface area contributed by atoms with Crippen molar-refractivity contribution in [2.24, 2.45) is 5.92 Å². The van der Waals surface area contributed by atoms with E-state index >= 15 is 0 Å². The summed E-state index contributed by atoms with van der Waals surface area (Å²) in [6.45, 7) is 8.08. The highest BCUT2D eigenvalue weighted by molar-refractivity contribution is 5.40. The largest absolute Gasteiger partial charge is 0.416 e. The summed E-state index contributed by atoms with van der Waals surface area (Å²) in [7, 11) is 0. The van der Waals surface area contributed by atoms with Crippen molar-refractivity contribution in [3.63, 3.8) is 0 Å². The van der Waals surface area contributed by atoms with Crippen molar-refractivity contribution < 1.29 is 13.2 Å². The van der Waals surface area contributed by atoms with E-state index in [-0.39, 0.29) is 5.92 Å². The molecule has 2 aliphatic rings. The highest BCUT2D eigenvalue weighted by atomic mass is 19.4. The van der Waals surface area contributed by atoms with Gasteiger partial charge in [0.25, 0.3) is 0 Å². The van der Waals surface area contributed by atoms with E-state index in [1.165, 1.54) is 17.8 Å². The van der Waals surface area contributed by atoms with Crippen molar-refractivity contribution in [2.75, 3.05) is 31.1 Å². The third-order valence-corrected chi connectivity index (χ3v) is 5.89. The Kier molecular flexibility index (Phi) is 4.66. The topological polar surface area (TPSA) is 22.3 Å². The molecule has 27 heavy (non-hydrogen) atoms. The Morgan fingerprint density at radius 2 is 1.81 bits per heavy atom. The summed E-state index contributed by atoms with van der Waals surface area (Å²) in [5, 5.41) is 0. The monoisotopic (exact) mass is 375 g/mol. The van der Waals surface area contributed by atoms with Gasteiger partial charge < -0.3 is 14.8 Å². The molecule has 144 valence electrons. The fourth-order valence-corrected chi connectivity index (χ4v) is 4.26. The van der Waals surface area contributed by atoms with Crippen molar-refractivity contribution >= 4 is 5.82 Å². The van der Waals surface area contributed by atoms with E-state index in [2.05, 4.69) is 27.4 Å². The normalized spacial score (nSPS) is 23.2. The Balaban J connectivity index is 1.36. The number of H-pyrrole nitrogens is 1. The van der Waals surface area contributed by atoms with Crippen molar-refractivity contribution in [3.05, 3.63) is 66.0 Å². The third-order valence-electron chi connectivity index (χ3n) is 5.89. The van der Waals surface area contributed by atoms with E-state index in [1.807, 2.05) is 12.3 Å². The first-order valence-corrected chi connectivity index (χ1v) is 9.41. The number of halogens is 3. The quantitative estimate of drug-likeness (QED) is 0.824. The number of aromatic nitrogens is 1. The second-order valence-corrected chi connectivity index (χ2v) is 7.53. The number of hydrogen-bond acceptors (Lipinski definition) is 2. The molecular formula is C21H24F3N3. The van der Waals surface area contributed by atoms with E-state index in [0.717, 1.165) is 50.4 Å². The van der Waals surface area contributed by atoms with Crippen LogP contribution in [0.4, 0.5) is 19.0 Å². The van der Waals surface area contributed by atoms with Crippen LogP contribution in [0.3, 0.4) is 0 Å². The standard InChI is InChI=1S/C21H24F3N3/c1-15(17-8-12-27(13-17)20-3-2-10-25-20)26-11-9-18(14-26)16-4-6-19(7-5-16)21(22,23)24/h2-7,10,17-18,25H,1,8-9,11-14H2. The smallest absolute Gasteiger partial charge is 0.374 e. The van der Waals surface area contributed by atoms with Crippen LogP contribution in [0.1, 0.15) is 29.9 Å². The van der Waals surface area contributed by atoms with Gasteiger partial charge in [0.15, 0.2) is 0 Å². The van der Waals surface area contributed by atoms with Crippen LogP contribution in [0.5, 0.6) is 0 Å². The lowest BCUT2D eigenvalue weighted by molar-refractivity contribution is -0.137. The molecule has 2 fully saturated rings. The lowest BCUT2D eigenvalue weighted by atomic mass is 9.97. The Bertz CT molecular complexity index is 780. The van der Waals surface area contributed by atoms with Crippen molar-refractivity contribution in [1.29, 1.82) is 0 Å². The first kappa shape index (κ1) is 18.0. The summed E-state index contributed by atoms with van der Waals surface area (Å²) in [5.74, 6) is 1.85. The number of nitrogens with one attached hydrogen (secondary N) is 1. The average molecular weight is 375 g/mol. The van der Waals surface area contributed by atoms with Gasteiger partial charge in [0.05, 0.1) is 5.56 Å². The summed E-state index contributed by atoms with van der Waals surface area (Å²) >= 11 is 0. The highest BCUT2D eigenvalue weighted by Gasteiger charge is 2.33. The van der Waals surface area contributed by atoms with E-state index in [0.29, 0.717) is 5.92 Å². The number of benzene rings is 1. The molecule has 6 heteroatoms. The fraction of sp³-hybridized carbons (Fsp3) is 0.429. The van der Waals surface area contributed by atoms with Crippen LogP contribution in [0.2, 0.25) is 0 Å². The number of alkyl halides is 3. The molecule has 4 rings (SSSR count). The molecule has 2 aliphatic heterocycles. The molecule has 1 aromatic heterocycles. The second-order valence-electron chi connectivity index (χ2n) is 7.53. The summed E-state index contributed by atoms with van der Waals surface area (Å²) in [4.78, 5) is 7.93. The van der Waals surface area contributed by atoms with Gasteiger partial charge >= 0.3 is 6.18 Å². The zero-order valence-corrected chi connectivity index (χ0v) is 15.2. The first-order valence-electron chi connectivity index (χ1n) is 9.41. The Morgan fingerprint density at radius 1 is 1.04 bits per heavy atom. The van der Waals surface area contributed by atoms with Crippen LogP contribution >= 0.6 is 0 Å². The average Bonchev–Trinajstić information content (AvgIpc) is 3.41. The Labute approximate surface area is 157 Å². The summed E-state index contributed by atoms with van der Waals surface area (Å²) in [6, 6.07) is 9.73. The van der Waals surface area contributed by atoms with Crippen molar-refractivity contribution in [3.8, 4) is 0 Å². The van der Waals surface area contributed by atoms with Crippen molar-refractivity contribution in [2.45, 2.75) is 24.9 Å². The SMILES string of the molecule is C=C(C1CCN(c2ccc[nH]2)C1)N1CCC(c2ccc(C(F)(F)F)cc2)C1. The lowest BCUT2D eigenvalue weighted by Crippen LogP contribution is -2.27. The van der Waals surface area contributed by atoms with Gasteiger partial charge in [-0.2, -0.15) is 13.2 Å². The van der Waals surface area contributed by atoms with Gasteiger partial charge in [-0.05, 0) is 42.7 Å². The zero-order valence-electron chi connectivity index (χ0n) is 15.2. The maximum atomic E-state index is 12.7. The summed E-state index contributed by atoms with van der Waals surface area (Å²) in [6.07, 6.45) is -0.300. The molecule has 0 aliphatic carbocycles. The molecule has 0 bridgehead atoms. The molecule has 0 spiro atoms. The minimum absolute atomic E-state index is 0.268. The molecular weight excluding hydrogens is 351 g/mol. The minimum Gasteiger partial charge on any atom is -0.374 e. The number of anilines is 1. The number of aromatic amines is 1. The van der Waals surface area contributed by atoms with Gasteiger partial charge in [0, 0.05) is 49.9 Å². The molecule has 0 radical (unpaired) electrons. The lowest BCUT2D eigenvalue weighted by Gasteiger charge is -2.26. The molecule has 0 amide bonds. The maximum Gasteiger partial charge on any atom is 0.416 e. The van der Waals surface area contributed by atoms with Crippen molar-refractivity contribution in [1.82, 2.24) is 9.88 Å². The maximum absolute atomic E-state index is 12.7. The van der Waals surface area contributed by atoms with Crippen LogP contribution in [0, 0.1) is 5.92 Å². The molecule has 2 unspecified atom stereocenters. The minimum atomic E-state index is -4.28. The number of likely N-dealkylation sites (tertiary alicyclic amines) is 1. The van der Waals surface area contributed by atoms with Crippen LogP contribution in [-0.2, 0) is 6.18 Å². The molecule has 0 saturated carbocycles. The zero-order chi connectivity index (χ0) is 19.0. The number of hydrogen-bond donors (Lipinski definition) is 1. The van der Waals surface area contributed by atoms with E-state index in [4.69, 9.17) is 0 Å². The number of rotatable bonds is 4. The predicted molar refractivity (Wildman–Crippen MR) is 101 cm³/mol. The Hall–Kier alpha value is -2.37. The van der Waals surface area contributed by atoms with Gasteiger partial charge in [-0.25, -0.2) is 0 Å². The predicted octanol–water partition coefficient (Wildman–Crippen LogP) is 4.86. The van der Waals surface area contributed by atoms with Gasteiger partial charge in [-0.3, -0.25) is 0 Å². The Morgan fingerprint density at radius 3 is 2.48 bits per heavy atom. The van der Waals surface area contributed by atoms with Gasteiger partial charge in [-0.15, -0.1) is 0 Å². The molecule has 2 saturated heterocycles. The van der Waals surface area contributed by atoms with E-state index < -0.39 is 11.7 Å². The van der Waals surface area contributed by atoms with Crippen LogP contribution in [0.15, 0.2) is 54.9 Å². The summed E-state index contributed by atoms with van der Waals surface area (Å²) in [5.41, 5.74) is 1.57. The summed E-state index contributed by atoms with van der Waals surface area (Å²) < 4.78 is 38.2. The van der Waals surface area contributed by atoms with Gasteiger partial charge in [-0.1, -0.05) is 18.7 Å². The van der Waals surface area contributed by atoms with E-state index in [9.17, 15) is 13.2 Å². The molecule has 3 heterocycles. The second kappa shape index (κ2) is 6.98.